The van der Waals surface area contributed by atoms with Crippen LogP contribution in [0.15, 0.2) is 59.8 Å². The minimum Gasteiger partial charge on any atom is -0.477 e. The predicted octanol–water partition coefficient (Wildman–Crippen LogP) is 4.20. The molecule has 1 aromatic carbocycles. The summed E-state index contributed by atoms with van der Waals surface area (Å²) >= 11 is 1.78. The Morgan fingerprint density at radius 2 is 2.03 bits per heavy atom. The summed E-state index contributed by atoms with van der Waals surface area (Å²) < 4.78 is 7.23. The zero-order valence-electron chi connectivity index (χ0n) is 18.8. The summed E-state index contributed by atoms with van der Waals surface area (Å²) in [4.78, 5) is 22.9. The quantitative estimate of drug-likeness (QED) is 0.378. The van der Waals surface area contributed by atoms with E-state index in [2.05, 4.69) is 40.3 Å². The van der Waals surface area contributed by atoms with Crippen molar-refractivity contribution in [2.45, 2.75) is 37.5 Å². The molecule has 0 fully saturated rings. The fourth-order valence-corrected chi connectivity index (χ4v) is 4.35. The molecule has 0 saturated heterocycles. The first kappa shape index (κ1) is 22.6. The first-order valence-corrected chi connectivity index (χ1v) is 11.6. The Hall–Kier alpha value is -3.59. The largest absolute Gasteiger partial charge is 0.477 e. The molecular formula is C24H26N6O2S. The van der Waals surface area contributed by atoms with Crippen LogP contribution in [-0.2, 0) is 6.54 Å². The Balaban J connectivity index is 1.61. The first-order valence-electron chi connectivity index (χ1n) is 10.7. The van der Waals surface area contributed by atoms with Crippen molar-refractivity contribution in [2.24, 2.45) is 0 Å². The number of amides is 1. The van der Waals surface area contributed by atoms with Gasteiger partial charge in [0.05, 0.1) is 6.61 Å². The summed E-state index contributed by atoms with van der Waals surface area (Å²) in [5.74, 6) is 0.259. The van der Waals surface area contributed by atoms with Gasteiger partial charge in [0, 0.05) is 34.6 Å². The van der Waals surface area contributed by atoms with Gasteiger partial charge in [0.1, 0.15) is 5.56 Å². The van der Waals surface area contributed by atoms with Crippen LogP contribution >= 0.6 is 11.8 Å². The lowest BCUT2D eigenvalue weighted by Crippen LogP contribution is -2.24. The van der Waals surface area contributed by atoms with Crippen LogP contribution in [0, 0.1) is 0 Å². The standard InChI is InChI=1S/C24H26N6O2S/c1-4-32-23-19(22(31)26-13-17-7-5-6-8-20(17)33-15(2)3)11-18(14-27-23)16-9-10-30-21(12-16)28-24(25)29-30/h5-12,14-15H,4,13H2,1-3H3,(H2,25,29)(H,26,31). The van der Waals surface area contributed by atoms with E-state index in [9.17, 15) is 4.79 Å². The van der Waals surface area contributed by atoms with E-state index in [0.29, 0.717) is 35.5 Å². The Labute approximate surface area is 196 Å². The van der Waals surface area contributed by atoms with Crippen LogP contribution in [0.1, 0.15) is 36.7 Å². The maximum Gasteiger partial charge on any atom is 0.257 e. The number of nitrogen functional groups attached to an aromatic ring is 1. The lowest BCUT2D eigenvalue weighted by atomic mass is 10.1. The maximum atomic E-state index is 13.2. The van der Waals surface area contributed by atoms with Gasteiger partial charge in [-0.1, -0.05) is 32.0 Å². The van der Waals surface area contributed by atoms with Crippen molar-refractivity contribution >= 4 is 29.3 Å². The van der Waals surface area contributed by atoms with E-state index in [1.165, 1.54) is 0 Å². The van der Waals surface area contributed by atoms with Crippen LogP contribution in [-0.4, -0.2) is 37.3 Å². The van der Waals surface area contributed by atoms with Crippen molar-refractivity contribution in [1.29, 1.82) is 0 Å². The highest BCUT2D eigenvalue weighted by Gasteiger charge is 2.17. The van der Waals surface area contributed by atoms with Crippen molar-refractivity contribution in [1.82, 2.24) is 24.9 Å². The molecule has 0 saturated carbocycles. The van der Waals surface area contributed by atoms with Gasteiger partial charge in [-0.2, -0.15) is 4.98 Å². The summed E-state index contributed by atoms with van der Waals surface area (Å²) in [7, 11) is 0. The van der Waals surface area contributed by atoms with E-state index < -0.39 is 0 Å². The molecule has 0 bridgehead atoms. The van der Waals surface area contributed by atoms with Gasteiger partial charge in [-0.05, 0) is 42.3 Å². The Kier molecular flexibility index (Phi) is 6.79. The van der Waals surface area contributed by atoms with Crippen molar-refractivity contribution in [2.75, 3.05) is 12.3 Å². The summed E-state index contributed by atoms with van der Waals surface area (Å²) in [5.41, 5.74) is 9.37. The molecule has 0 radical (unpaired) electrons. The number of nitrogens with one attached hydrogen (secondary N) is 1. The third-order valence-electron chi connectivity index (χ3n) is 4.84. The monoisotopic (exact) mass is 462 g/mol. The van der Waals surface area contributed by atoms with Gasteiger partial charge in [0.15, 0.2) is 5.65 Å². The fraction of sp³-hybridized carbons (Fsp3) is 0.250. The third-order valence-corrected chi connectivity index (χ3v) is 5.96. The normalized spacial score (nSPS) is 11.2. The second-order valence-corrected chi connectivity index (χ2v) is 9.27. The number of thioether (sulfide) groups is 1. The Bertz CT molecular complexity index is 1290. The van der Waals surface area contributed by atoms with Crippen LogP contribution in [0.2, 0.25) is 0 Å². The van der Waals surface area contributed by atoms with E-state index in [-0.39, 0.29) is 11.9 Å². The second-order valence-electron chi connectivity index (χ2n) is 7.65. The minimum atomic E-state index is -0.245. The molecule has 4 aromatic rings. The van der Waals surface area contributed by atoms with Gasteiger partial charge in [-0.25, -0.2) is 9.50 Å². The molecule has 0 atom stereocenters. The number of benzene rings is 1. The van der Waals surface area contributed by atoms with Gasteiger partial charge >= 0.3 is 0 Å². The number of aromatic nitrogens is 4. The molecule has 1 amide bonds. The number of fused-ring (bicyclic) bond motifs is 1. The lowest BCUT2D eigenvalue weighted by Gasteiger charge is -2.14. The average Bonchev–Trinajstić information content (AvgIpc) is 3.17. The van der Waals surface area contributed by atoms with E-state index in [1.807, 2.05) is 37.3 Å². The van der Waals surface area contributed by atoms with E-state index in [4.69, 9.17) is 10.5 Å². The Morgan fingerprint density at radius 1 is 1.21 bits per heavy atom. The van der Waals surface area contributed by atoms with E-state index >= 15 is 0 Å². The molecule has 8 nitrogen and oxygen atoms in total. The van der Waals surface area contributed by atoms with Gasteiger partial charge in [0.2, 0.25) is 11.8 Å². The number of hydrogen-bond donors (Lipinski definition) is 2. The van der Waals surface area contributed by atoms with Crippen LogP contribution in [0.4, 0.5) is 5.95 Å². The molecule has 33 heavy (non-hydrogen) atoms. The lowest BCUT2D eigenvalue weighted by molar-refractivity contribution is 0.0946. The molecule has 9 heteroatoms. The van der Waals surface area contributed by atoms with E-state index in [1.54, 1.807) is 34.7 Å². The molecule has 0 aliphatic rings. The van der Waals surface area contributed by atoms with E-state index in [0.717, 1.165) is 21.6 Å². The highest BCUT2D eigenvalue weighted by molar-refractivity contribution is 8.00. The number of hydrogen-bond acceptors (Lipinski definition) is 7. The molecule has 3 heterocycles. The molecule has 0 spiro atoms. The first-order chi connectivity index (χ1) is 15.9. The van der Waals surface area contributed by atoms with Crippen molar-refractivity contribution in [3.8, 4) is 17.0 Å². The van der Waals surface area contributed by atoms with Crippen LogP contribution in [0.3, 0.4) is 0 Å². The molecule has 4 rings (SSSR count). The average molecular weight is 463 g/mol. The predicted molar refractivity (Wildman–Crippen MR) is 130 cm³/mol. The zero-order valence-corrected chi connectivity index (χ0v) is 19.6. The molecule has 3 aromatic heterocycles. The molecule has 170 valence electrons. The van der Waals surface area contributed by atoms with Crippen LogP contribution < -0.4 is 15.8 Å². The number of ether oxygens (including phenoxy) is 1. The smallest absolute Gasteiger partial charge is 0.257 e. The summed E-state index contributed by atoms with van der Waals surface area (Å²) in [6.45, 7) is 6.98. The molecule has 0 aliphatic heterocycles. The SMILES string of the molecule is CCOc1ncc(-c2ccn3nc(N)nc3c2)cc1C(=O)NCc1ccccc1SC(C)C. The van der Waals surface area contributed by atoms with Crippen LogP contribution in [0.5, 0.6) is 5.88 Å². The Morgan fingerprint density at radius 3 is 2.82 bits per heavy atom. The number of anilines is 1. The number of nitrogens with two attached hydrogens (primary N) is 1. The number of carbonyl (C=O) groups excluding carboxylic acids is 1. The second kappa shape index (κ2) is 9.91. The van der Waals surface area contributed by atoms with Gasteiger partial charge in [-0.15, -0.1) is 16.9 Å². The topological polar surface area (TPSA) is 107 Å². The summed E-state index contributed by atoms with van der Waals surface area (Å²) in [5, 5.41) is 7.57. The number of nitrogens with zero attached hydrogens (tertiary/aromatic N) is 4. The number of carbonyl (C=O) groups is 1. The van der Waals surface area contributed by atoms with Gasteiger partial charge < -0.3 is 15.8 Å². The van der Waals surface area contributed by atoms with Crippen molar-refractivity contribution in [3.05, 3.63) is 66.0 Å². The van der Waals surface area contributed by atoms with Crippen LogP contribution in [0.25, 0.3) is 16.8 Å². The van der Waals surface area contributed by atoms with Crippen molar-refractivity contribution < 1.29 is 9.53 Å². The third kappa shape index (κ3) is 5.25. The molecule has 0 aliphatic carbocycles. The van der Waals surface area contributed by atoms with Gasteiger partial charge in [0.25, 0.3) is 5.91 Å². The molecular weight excluding hydrogens is 436 g/mol. The number of pyridine rings is 2. The minimum absolute atomic E-state index is 0.202. The highest BCUT2D eigenvalue weighted by atomic mass is 32.2. The summed E-state index contributed by atoms with van der Waals surface area (Å²) in [6.07, 6.45) is 3.45. The summed E-state index contributed by atoms with van der Waals surface area (Å²) in [6, 6.07) is 13.6. The zero-order chi connectivity index (χ0) is 23.4. The maximum absolute atomic E-state index is 13.2. The van der Waals surface area contributed by atoms with Gasteiger partial charge in [-0.3, -0.25) is 4.79 Å². The highest BCUT2D eigenvalue weighted by Crippen LogP contribution is 2.28. The number of rotatable bonds is 8. The molecule has 0 unspecified atom stereocenters. The molecule has 3 N–H and O–H groups in total. The van der Waals surface area contributed by atoms with Crippen molar-refractivity contribution in [3.63, 3.8) is 0 Å². The fourth-order valence-electron chi connectivity index (χ4n) is 3.39.